The van der Waals surface area contributed by atoms with E-state index in [2.05, 4.69) is 19.5 Å². The highest BCUT2D eigenvalue weighted by atomic mass is 31.2. The van der Waals surface area contributed by atoms with Crippen molar-refractivity contribution in [2.45, 2.75) is 20.0 Å². The molecular formula is C12H18NO7P. The van der Waals surface area contributed by atoms with Gasteiger partial charge in [-0.15, -0.1) is 9.35 Å². The largest absolute Gasteiger partial charge is 0.465 e. The van der Waals surface area contributed by atoms with Gasteiger partial charge in [0.2, 0.25) is 0 Å². The van der Waals surface area contributed by atoms with Crippen LogP contribution in [0, 0.1) is 0 Å². The molecule has 0 saturated carbocycles. The summed E-state index contributed by atoms with van der Waals surface area (Å²) < 4.78 is 26.4. The number of hydrogen-bond acceptors (Lipinski definition) is 8. The molecule has 21 heavy (non-hydrogen) atoms. The van der Waals surface area contributed by atoms with E-state index in [1.807, 2.05) is 0 Å². The Morgan fingerprint density at radius 1 is 1.19 bits per heavy atom. The van der Waals surface area contributed by atoms with Crippen LogP contribution in [0.5, 0.6) is 0 Å². The first-order valence-corrected chi connectivity index (χ1v) is 8.02. The monoisotopic (exact) mass is 319 g/mol. The Balaban J connectivity index is 2.78. The van der Waals surface area contributed by atoms with Crippen LogP contribution in [0.25, 0.3) is 0 Å². The Morgan fingerprint density at radius 3 is 2.24 bits per heavy atom. The molecule has 118 valence electrons. The second-order valence-electron chi connectivity index (χ2n) is 3.76. The average Bonchev–Trinajstić information content (AvgIpc) is 2.51. The number of esters is 1. The zero-order valence-corrected chi connectivity index (χ0v) is 13.0. The average molecular weight is 319 g/mol. The number of rotatable bonds is 9. The van der Waals surface area contributed by atoms with E-state index in [-0.39, 0.29) is 24.9 Å². The van der Waals surface area contributed by atoms with Gasteiger partial charge in [-0.25, -0.2) is 14.6 Å². The highest BCUT2D eigenvalue weighted by Gasteiger charge is 2.29. The van der Waals surface area contributed by atoms with Crippen LogP contribution in [-0.4, -0.2) is 31.3 Å². The number of aromatic nitrogens is 1. The van der Waals surface area contributed by atoms with Crippen LogP contribution in [0.4, 0.5) is 0 Å². The molecule has 0 fully saturated rings. The quantitative estimate of drug-likeness (QED) is 0.297. The van der Waals surface area contributed by atoms with Crippen molar-refractivity contribution in [1.29, 1.82) is 0 Å². The second kappa shape index (κ2) is 8.86. The predicted octanol–water partition coefficient (Wildman–Crippen LogP) is 2.50. The van der Waals surface area contributed by atoms with Crippen molar-refractivity contribution in [1.82, 2.24) is 4.98 Å². The molecule has 0 N–H and O–H groups in total. The van der Waals surface area contributed by atoms with E-state index in [4.69, 9.17) is 9.35 Å². The van der Waals surface area contributed by atoms with Crippen molar-refractivity contribution in [2.24, 2.45) is 0 Å². The van der Waals surface area contributed by atoms with Crippen LogP contribution in [0.15, 0.2) is 18.3 Å². The molecule has 1 heterocycles. The molecule has 0 aliphatic carbocycles. The lowest BCUT2D eigenvalue weighted by Crippen LogP contribution is -2.05. The Labute approximate surface area is 122 Å². The first kappa shape index (κ1) is 17.7. The Kier molecular flexibility index (Phi) is 7.49. The minimum absolute atomic E-state index is 0.158. The van der Waals surface area contributed by atoms with Crippen LogP contribution in [0.1, 0.15) is 29.9 Å². The third kappa shape index (κ3) is 5.91. The minimum atomic E-state index is -3.64. The molecule has 0 radical (unpaired) electrons. The summed E-state index contributed by atoms with van der Waals surface area (Å²) in [6.45, 7) is 3.76. The van der Waals surface area contributed by atoms with Gasteiger partial charge in [-0.1, -0.05) is 0 Å². The number of pyridine rings is 1. The Hall–Kier alpha value is -1.31. The van der Waals surface area contributed by atoms with E-state index >= 15 is 0 Å². The fourth-order valence-electron chi connectivity index (χ4n) is 1.29. The van der Waals surface area contributed by atoms with Crippen molar-refractivity contribution >= 4 is 13.6 Å². The van der Waals surface area contributed by atoms with Gasteiger partial charge in [0.25, 0.3) is 0 Å². The molecule has 0 aliphatic rings. The summed E-state index contributed by atoms with van der Waals surface area (Å²) in [5.41, 5.74) is 0.679. The first-order chi connectivity index (χ1) is 10.0. The zero-order valence-electron chi connectivity index (χ0n) is 12.1. The maximum atomic E-state index is 12.3. The number of nitrogens with zero attached hydrogens (tertiary/aromatic N) is 1. The molecule has 0 atom stereocenters. The van der Waals surface area contributed by atoms with Gasteiger partial charge in [0.05, 0.1) is 37.7 Å². The van der Waals surface area contributed by atoms with E-state index in [9.17, 15) is 9.36 Å². The lowest BCUT2D eigenvalue weighted by Gasteiger charge is -2.15. The van der Waals surface area contributed by atoms with E-state index in [0.29, 0.717) is 5.69 Å². The topological polar surface area (TPSA) is 93.2 Å². The molecule has 8 nitrogen and oxygen atoms in total. The number of carbonyl (C=O) groups excluding carboxylic acids is 1. The standard InChI is InChI=1S/C12H18NO7P/c1-4-17-19-21(15,20-18-5-2)9-11-7-6-10(8-13-11)12(14)16-3/h6-8H,4-5,9H2,1-3H3. The van der Waals surface area contributed by atoms with Gasteiger partial charge in [-0.3, -0.25) is 9.55 Å². The van der Waals surface area contributed by atoms with Crippen molar-refractivity contribution in [2.75, 3.05) is 20.3 Å². The highest BCUT2D eigenvalue weighted by molar-refractivity contribution is 7.52. The van der Waals surface area contributed by atoms with Gasteiger partial charge in [-0.2, -0.15) is 0 Å². The third-order valence-electron chi connectivity index (χ3n) is 2.17. The molecule has 1 aromatic rings. The van der Waals surface area contributed by atoms with E-state index in [0.717, 1.165) is 0 Å². The van der Waals surface area contributed by atoms with Crippen LogP contribution in [-0.2, 0) is 34.6 Å². The fraction of sp³-hybridized carbons (Fsp3) is 0.500. The smallest absolute Gasteiger partial charge is 0.390 e. The van der Waals surface area contributed by atoms with Gasteiger partial charge in [0.1, 0.15) is 0 Å². The summed E-state index contributed by atoms with van der Waals surface area (Å²) in [4.78, 5) is 24.6. The van der Waals surface area contributed by atoms with Crippen molar-refractivity contribution < 1.29 is 33.2 Å². The van der Waals surface area contributed by atoms with Crippen LogP contribution in [0.3, 0.4) is 0 Å². The Morgan fingerprint density at radius 2 is 1.81 bits per heavy atom. The van der Waals surface area contributed by atoms with Gasteiger partial charge < -0.3 is 4.74 Å². The van der Waals surface area contributed by atoms with Gasteiger partial charge in [-0.05, 0) is 26.0 Å². The van der Waals surface area contributed by atoms with Crippen LogP contribution >= 0.6 is 7.60 Å². The molecule has 0 bridgehead atoms. The van der Waals surface area contributed by atoms with Gasteiger partial charge in [0.15, 0.2) is 0 Å². The second-order valence-corrected chi connectivity index (χ2v) is 5.60. The van der Waals surface area contributed by atoms with Crippen LogP contribution < -0.4 is 0 Å². The van der Waals surface area contributed by atoms with Crippen molar-refractivity contribution in [3.8, 4) is 0 Å². The number of hydrogen-bond donors (Lipinski definition) is 0. The molecular weight excluding hydrogens is 301 g/mol. The molecule has 0 aliphatic heterocycles. The third-order valence-corrected chi connectivity index (χ3v) is 3.55. The molecule has 1 rings (SSSR count). The number of carbonyl (C=O) groups is 1. The lowest BCUT2D eigenvalue weighted by molar-refractivity contribution is -0.263. The summed E-state index contributed by atoms with van der Waals surface area (Å²) in [6.07, 6.45) is 1.15. The number of ether oxygens (including phenoxy) is 1. The normalized spacial score (nSPS) is 11.4. The van der Waals surface area contributed by atoms with Crippen molar-refractivity contribution in [3.05, 3.63) is 29.6 Å². The van der Waals surface area contributed by atoms with E-state index < -0.39 is 13.6 Å². The minimum Gasteiger partial charge on any atom is -0.465 e. The van der Waals surface area contributed by atoms with Gasteiger partial charge in [0, 0.05) is 6.20 Å². The molecule has 1 aromatic heterocycles. The molecule has 0 saturated heterocycles. The summed E-state index contributed by atoms with van der Waals surface area (Å²) in [5, 5.41) is 0. The predicted molar refractivity (Wildman–Crippen MR) is 72.3 cm³/mol. The number of methoxy groups -OCH3 is 1. The summed E-state index contributed by atoms with van der Waals surface area (Å²) in [5.74, 6) is -0.506. The fourth-order valence-corrected chi connectivity index (χ4v) is 2.53. The zero-order chi connectivity index (χ0) is 15.7. The van der Waals surface area contributed by atoms with Gasteiger partial charge >= 0.3 is 13.6 Å². The summed E-state index contributed by atoms with van der Waals surface area (Å²) >= 11 is 0. The lowest BCUT2D eigenvalue weighted by atomic mass is 10.2. The molecule has 0 spiro atoms. The van der Waals surface area contributed by atoms with Crippen LogP contribution in [0.2, 0.25) is 0 Å². The molecule has 0 amide bonds. The van der Waals surface area contributed by atoms with E-state index in [1.165, 1.54) is 25.4 Å². The van der Waals surface area contributed by atoms with Crippen molar-refractivity contribution in [3.63, 3.8) is 0 Å². The molecule has 9 heteroatoms. The highest BCUT2D eigenvalue weighted by Crippen LogP contribution is 2.51. The Bertz CT molecular complexity index is 479. The first-order valence-electron chi connectivity index (χ1n) is 6.29. The maximum absolute atomic E-state index is 12.3. The molecule has 0 unspecified atom stereocenters. The SMILES string of the molecule is CCOOP(=O)(Cc1ccc(C(=O)OC)cn1)OOCC. The molecule has 0 aromatic carbocycles. The maximum Gasteiger partial charge on any atom is 0.390 e. The van der Waals surface area contributed by atoms with E-state index in [1.54, 1.807) is 13.8 Å². The summed E-state index contributed by atoms with van der Waals surface area (Å²) in [6, 6.07) is 3.02. The summed E-state index contributed by atoms with van der Waals surface area (Å²) in [7, 11) is -2.37.